The molecule has 0 aromatic rings. The summed E-state index contributed by atoms with van der Waals surface area (Å²) in [4.78, 5) is 12.4. The average Bonchev–Trinajstić information content (AvgIpc) is 2.97. The Balaban J connectivity index is 2.11. The highest BCUT2D eigenvalue weighted by atomic mass is 16.5. The Morgan fingerprint density at radius 1 is 1.37 bits per heavy atom. The highest BCUT2D eigenvalue weighted by Crippen LogP contribution is 2.53. The van der Waals surface area contributed by atoms with E-state index >= 15 is 0 Å². The van der Waals surface area contributed by atoms with Gasteiger partial charge in [0.2, 0.25) is 0 Å². The first-order chi connectivity index (χ1) is 9.03. The molecule has 2 N–H and O–H groups in total. The molecule has 4 atom stereocenters. The van der Waals surface area contributed by atoms with Gasteiger partial charge in [-0.3, -0.25) is 4.79 Å². The minimum absolute atomic E-state index is 0.0738. The first kappa shape index (κ1) is 14.8. The lowest BCUT2D eigenvalue weighted by atomic mass is 9.68. The van der Waals surface area contributed by atoms with Crippen LogP contribution in [0.1, 0.15) is 52.9 Å². The molecule has 0 amide bonds. The number of carbonyl (C=O) groups excluding carboxylic acids is 1. The van der Waals surface area contributed by atoms with Crippen molar-refractivity contribution in [1.82, 2.24) is 0 Å². The fourth-order valence-electron chi connectivity index (χ4n) is 4.33. The maximum Gasteiger partial charge on any atom is 0.313 e. The zero-order valence-corrected chi connectivity index (χ0v) is 12.7. The van der Waals surface area contributed by atoms with Gasteiger partial charge in [-0.25, -0.2) is 0 Å². The molecule has 3 heteroatoms. The van der Waals surface area contributed by atoms with Crippen molar-refractivity contribution >= 4 is 5.97 Å². The molecule has 4 unspecified atom stereocenters. The molecule has 110 valence electrons. The van der Waals surface area contributed by atoms with Crippen LogP contribution in [0.4, 0.5) is 0 Å². The van der Waals surface area contributed by atoms with E-state index in [1.54, 1.807) is 0 Å². The summed E-state index contributed by atoms with van der Waals surface area (Å²) in [5.41, 5.74) is 5.55. The van der Waals surface area contributed by atoms with E-state index in [1.165, 1.54) is 25.7 Å². The first-order valence-corrected chi connectivity index (χ1v) is 7.90. The number of fused-ring (bicyclic) bond motifs is 2. The molecule has 2 bridgehead atoms. The second kappa shape index (κ2) is 5.82. The van der Waals surface area contributed by atoms with Crippen LogP contribution in [0.2, 0.25) is 0 Å². The average molecular weight is 267 g/mol. The number of hydrogen-bond acceptors (Lipinski definition) is 3. The number of nitrogens with two attached hydrogens (primary N) is 1. The second-order valence-corrected chi connectivity index (χ2v) is 6.87. The van der Waals surface area contributed by atoms with Gasteiger partial charge >= 0.3 is 5.97 Å². The maximum absolute atomic E-state index is 12.4. The Morgan fingerprint density at radius 3 is 2.53 bits per heavy atom. The van der Waals surface area contributed by atoms with Crippen molar-refractivity contribution < 1.29 is 9.53 Å². The van der Waals surface area contributed by atoms with E-state index in [4.69, 9.17) is 10.5 Å². The molecule has 3 nitrogen and oxygen atoms in total. The normalized spacial score (nSPS) is 32.6. The summed E-state index contributed by atoms with van der Waals surface area (Å²) < 4.78 is 5.33. The summed E-state index contributed by atoms with van der Waals surface area (Å²) in [6.07, 6.45) is 6.38. The quantitative estimate of drug-likeness (QED) is 0.753. The third kappa shape index (κ3) is 2.67. The van der Waals surface area contributed by atoms with Gasteiger partial charge in [-0.1, -0.05) is 20.3 Å². The molecule has 2 saturated carbocycles. The van der Waals surface area contributed by atoms with E-state index in [-0.39, 0.29) is 11.9 Å². The van der Waals surface area contributed by atoms with Crippen LogP contribution in [-0.4, -0.2) is 19.1 Å². The van der Waals surface area contributed by atoms with E-state index in [1.807, 2.05) is 6.92 Å². The Hall–Kier alpha value is -0.570. The number of hydrogen-bond donors (Lipinski definition) is 1. The predicted octanol–water partition coefficient (Wildman–Crippen LogP) is 2.98. The molecule has 19 heavy (non-hydrogen) atoms. The van der Waals surface area contributed by atoms with Crippen molar-refractivity contribution in [1.29, 1.82) is 0 Å². The number of ether oxygens (including phenoxy) is 1. The third-order valence-electron chi connectivity index (χ3n) is 5.66. The van der Waals surface area contributed by atoms with Crippen molar-refractivity contribution in [3.63, 3.8) is 0 Å². The van der Waals surface area contributed by atoms with Gasteiger partial charge in [0, 0.05) is 6.54 Å². The van der Waals surface area contributed by atoms with E-state index in [9.17, 15) is 4.79 Å². The number of esters is 1. The van der Waals surface area contributed by atoms with E-state index in [0.717, 1.165) is 18.3 Å². The molecule has 2 fully saturated rings. The van der Waals surface area contributed by atoms with Crippen LogP contribution >= 0.6 is 0 Å². The highest BCUT2D eigenvalue weighted by Gasteiger charge is 2.48. The van der Waals surface area contributed by atoms with Crippen molar-refractivity contribution in [3.8, 4) is 0 Å². The molecular weight excluding hydrogens is 238 g/mol. The van der Waals surface area contributed by atoms with E-state index in [0.29, 0.717) is 19.1 Å². The zero-order valence-electron chi connectivity index (χ0n) is 12.7. The fraction of sp³-hybridized carbons (Fsp3) is 0.938. The van der Waals surface area contributed by atoms with Crippen LogP contribution in [0.15, 0.2) is 0 Å². The van der Waals surface area contributed by atoms with Gasteiger partial charge in [-0.2, -0.15) is 0 Å². The summed E-state index contributed by atoms with van der Waals surface area (Å²) in [7, 11) is 0. The third-order valence-corrected chi connectivity index (χ3v) is 5.66. The molecule has 0 radical (unpaired) electrons. The van der Waals surface area contributed by atoms with Crippen LogP contribution in [0.5, 0.6) is 0 Å². The highest BCUT2D eigenvalue weighted by molar-refractivity contribution is 5.77. The van der Waals surface area contributed by atoms with Gasteiger partial charge in [0.1, 0.15) is 0 Å². The smallest absolute Gasteiger partial charge is 0.313 e. The minimum Gasteiger partial charge on any atom is -0.466 e. The van der Waals surface area contributed by atoms with Gasteiger partial charge in [0.25, 0.3) is 0 Å². The zero-order chi connectivity index (χ0) is 14.0. The van der Waals surface area contributed by atoms with Gasteiger partial charge in [0.05, 0.1) is 12.0 Å². The monoisotopic (exact) mass is 267 g/mol. The van der Waals surface area contributed by atoms with Gasteiger partial charge < -0.3 is 10.5 Å². The molecule has 0 aliphatic heterocycles. The van der Waals surface area contributed by atoms with Crippen molar-refractivity contribution in [3.05, 3.63) is 0 Å². The minimum atomic E-state index is -0.467. The van der Waals surface area contributed by atoms with Crippen LogP contribution in [-0.2, 0) is 9.53 Å². The molecule has 0 heterocycles. The topological polar surface area (TPSA) is 52.3 Å². The molecule has 2 aliphatic carbocycles. The Bertz CT molecular complexity index is 329. The Kier molecular flexibility index (Phi) is 4.54. The van der Waals surface area contributed by atoms with Crippen LogP contribution in [0.25, 0.3) is 0 Å². The van der Waals surface area contributed by atoms with Gasteiger partial charge in [0.15, 0.2) is 0 Å². The lowest BCUT2D eigenvalue weighted by Crippen LogP contribution is -2.46. The van der Waals surface area contributed by atoms with Gasteiger partial charge in [-0.15, -0.1) is 0 Å². The predicted molar refractivity (Wildman–Crippen MR) is 76.5 cm³/mol. The van der Waals surface area contributed by atoms with Crippen LogP contribution < -0.4 is 5.73 Å². The summed E-state index contributed by atoms with van der Waals surface area (Å²) in [5, 5.41) is 0. The molecule has 0 aromatic heterocycles. The number of carbonyl (C=O) groups is 1. The summed E-state index contributed by atoms with van der Waals surface area (Å²) >= 11 is 0. The molecule has 2 aliphatic rings. The Morgan fingerprint density at radius 2 is 2.11 bits per heavy atom. The summed E-state index contributed by atoms with van der Waals surface area (Å²) in [6, 6.07) is 0. The van der Waals surface area contributed by atoms with Gasteiger partial charge in [-0.05, 0) is 56.3 Å². The van der Waals surface area contributed by atoms with E-state index in [2.05, 4.69) is 13.8 Å². The summed E-state index contributed by atoms with van der Waals surface area (Å²) in [6.45, 7) is 6.95. The molecule has 0 saturated heterocycles. The standard InChI is InChI=1S/C16H29NO2/c1-4-19-15(18)16(10-17,11(2)3)9-14-8-12-5-6-13(14)7-12/h11-14H,4-10,17H2,1-3H3. The second-order valence-electron chi connectivity index (χ2n) is 6.87. The Labute approximate surface area is 117 Å². The van der Waals surface area contributed by atoms with Crippen molar-refractivity contribution in [2.75, 3.05) is 13.2 Å². The molecule has 0 aromatic carbocycles. The molecular formula is C16H29NO2. The van der Waals surface area contributed by atoms with E-state index < -0.39 is 5.41 Å². The van der Waals surface area contributed by atoms with Crippen LogP contribution in [0.3, 0.4) is 0 Å². The fourth-order valence-corrected chi connectivity index (χ4v) is 4.33. The summed E-state index contributed by atoms with van der Waals surface area (Å²) in [5.74, 6) is 2.61. The lowest BCUT2D eigenvalue weighted by molar-refractivity contribution is -0.159. The van der Waals surface area contributed by atoms with Crippen molar-refractivity contribution in [2.24, 2.45) is 34.8 Å². The first-order valence-electron chi connectivity index (χ1n) is 7.90. The van der Waals surface area contributed by atoms with Crippen LogP contribution in [0, 0.1) is 29.1 Å². The molecule has 0 spiro atoms. The molecule has 2 rings (SSSR count). The van der Waals surface area contributed by atoms with Crippen molar-refractivity contribution in [2.45, 2.75) is 52.9 Å². The maximum atomic E-state index is 12.4. The number of rotatable bonds is 6. The largest absolute Gasteiger partial charge is 0.466 e. The SMILES string of the molecule is CCOC(=O)C(CN)(CC1CC2CCC1C2)C(C)C. The lowest BCUT2D eigenvalue weighted by Gasteiger charge is -2.38.